The average molecular weight is 392 g/mol. The van der Waals surface area contributed by atoms with Crippen molar-refractivity contribution in [2.45, 2.75) is 30.3 Å². The highest BCUT2D eigenvalue weighted by Crippen LogP contribution is 2.32. The van der Waals surface area contributed by atoms with Crippen LogP contribution in [0, 0.1) is 0 Å². The third-order valence-electron chi connectivity index (χ3n) is 4.14. The van der Waals surface area contributed by atoms with Crippen LogP contribution in [0.25, 0.3) is 22.0 Å². The molecule has 1 atom stereocenters. The van der Waals surface area contributed by atoms with Crippen LogP contribution in [0.15, 0.2) is 47.5 Å². The van der Waals surface area contributed by atoms with Gasteiger partial charge in [0.2, 0.25) is 0 Å². The Morgan fingerprint density at radius 3 is 2.62 bits per heavy atom. The van der Waals surface area contributed by atoms with Gasteiger partial charge in [0.25, 0.3) is 0 Å². The monoisotopic (exact) mass is 391 g/mol. The fourth-order valence-electron chi connectivity index (χ4n) is 2.91. The van der Waals surface area contributed by atoms with Crippen LogP contribution in [0.1, 0.15) is 12.8 Å². The lowest BCUT2D eigenvalue weighted by Crippen LogP contribution is -2.34. The van der Waals surface area contributed by atoms with Crippen molar-refractivity contribution in [3.63, 3.8) is 0 Å². The average Bonchev–Trinajstić information content (AvgIpc) is 3.05. The van der Waals surface area contributed by atoms with Crippen molar-refractivity contribution in [1.29, 1.82) is 0 Å². The van der Waals surface area contributed by atoms with Crippen LogP contribution in [0.4, 0.5) is 0 Å². The molecule has 3 rings (SSSR count). The zero-order valence-corrected chi connectivity index (χ0v) is 16.2. The van der Waals surface area contributed by atoms with Crippen molar-refractivity contribution >= 4 is 30.4 Å². The van der Waals surface area contributed by atoms with Crippen LogP contribution in [0.2, 0.25) is 6.04 Å². The standard InChI is InChI=1S/C17H21N3O4SSi/c1-25(21)16-9-8-13-6-2-3-7-14(13)17(16)15-12-20(19-18-15)10-4-5-11-26(22,23)24/h2-3,6-9,12,22-24H,4-5,10-11H2,1H3. The van der Waals surface area contributed by atoms with Gasteiger partial charge in [-0.25, -0.2) is 0 Å². The Morgan fingerprint density at radius 1 is 1.12 bits per heavy atom. The minimum atomic E-state index is -3.97. The molecule has 1 unspecified atom stereocenters. The molecule has 0 aliphatic rings. The highest BCUT2D eigenvalue weighted by molar-refractivity contribution is 7.84. The van der Waals surface area contributed by atoms with Crippen LogP contribution >= 0.6 is 0 Å². The molecule has 9 heteroatoms. The molecule has 1 aromatic heterocycles. The van der Waals surface area contributed by atoms with E-state index in [4.69, 9.17) is 14.4 Å². The maximum absolute atomic E-state index is 12.2. The molecule has 2 aromatic carbocycles. The summed E-state index contributed by atoms with van der Waals surface area (Å²) in [6.07, 6.45) is 4.58. The normalized spacial score (nSPS) is 13.2. The van der Waals surface area contributed by atoms with E-state index in [1.54, 1.807) is 17.1 Å². The number of aryl methyl sites for hydroxylation is 1. The van der Waals surface area contributed by atoms with Crippen LogP contribution < -0.4 is 0 Å². The van der Waals surface area contributed by atoms with Gasteiger partial charge in [0, 0.05) is 29.3 Å². The molecule has 1 heterocycles. The maximum atomic E-state index is 12.2. The highest BCUT2D eigenvalue weighted by atomic mass is 32.2. The first-order valence-electron chi connectivity index (χ1n) is 8.28. The Kier molecular flexibility index (Phi) is 5.63. The third-order valence-corrected chi connectivity index (χ3v) is 6.13. The largest absolute Gasteiger partial charge is 0.492 e. The summed E-state index contributed by atoms with van der Waals surface area (Å²) in [5.74, 6) is 0. The Labute approximate surface area is 154 Å². The summed E-state index contributed by atoms with van der Waals surface area (Å²) in [6.45, 7) is 0.548. The van der Waals surface area contributed by atoms with Crippen LogP contribution in [0.5, 0.6) is 0 Å². The first-order chi connectivity index (χ1) is 12.3. The Hall–Kier alpha value is -1.91. The molecule has 0 spiro atoms. The molecule has 3 aromatic rings. The fraction of sp³-hybridized carbons (Fsp3) is 0.294. The van der Waals surface area contributed by atoms with Gasteiger partial charge < -0.3 is 14.4 Å². The molecule has 7 nitrogen and oxygen atoms in total. The fourth-order valence-corrected chi connectivity index (χ4v) is 4.40. The molecule has 0 bridgehead atoms. The van der Waals surface area contributed by atoms with Gasteiger partial charge in [0.15, 0.2) is 0 Å². The summed E-state index contributed by atoms with van der Waals surface area (Å²) < 4.78 is 13.9. The number of hydrogen-bond donors (Lipinski definition) is 3. The molecule has 138 valence electrons. The van der Waals surface area contributed by atoms with E-state index in [-0.39, 0.29) is 6.04 Å². The van der Waals surface area contributed by atoms with Gasteiger partial charge >= 0.3 is 8.80 Å². The van der Waals surface area contributed by atoms with E-state index in [0.29, 0.717) is 30.0 Å². The summed E-state index contributed by atoms with van der Waals surface area (Å²) in [7, 11) is -5.13. The molecule has 0 fully saturated rings. The van der Waals surface area contributed by atoms with E-state index in [9.17, 15) is 4.21 Å². The van der Waals surface area contributed by atoms with E-state index in [1.807, 2.05) is 36.4 Å². The summed E-state index contributed by atoms with van der Waals surface area (Å²) in [6, 6.07) is 11.7. The van der Waals surface area contributed by atoms with Crippen LogP contribution in [-0.4, -0.2) is 48.6 Å². The molecular formula is C17H21N3O4SSi. The van der Waals surface area contributed by atoms with Gasteiger partial charge in [-0.2, -0.15) is 0 Å². The van der Waals surface area contributed by atoms with E-state index in [0.717, 1.165) is 16.3 Å². The van der Waals surface area contributed by atoms with E-state index in [1.165, 1.54) is 0 Å². The van der Waals surface area contributed by atoms with E-state index in [2.05, 4.69) is 10.3 Å². The van der Waals surface area contributed by atoms with Crippen molar-refractivity contribution in [2.75, 3.05) is 6.26 Å². The summed E-state index contributed by atoms with van der Waals surface area (Å²) in [5.41, 5.74) is 1.48. The van der Waals surface area contributed by atoms with Gasteiger partial charge in [-0.05, 0) is 29.7 Å². The Morgan fingerprint density at radius 2 is 1.88 bits per heavy atom. The SMILES string of the molecule is CS(=O)c1ccc2ccccc2c1-c1cn(CCCC[Si](O)(O)O)nn1. The minimum Gasteiger partial charge on any atom is -0.390 e. The number of aromatic nitrogens is 3. The van der Waals surface area contributed by atoms with Gasteiger partial charge in [0.1, 0.15) is 5.69 Å². The second kappa shape index (κ2) is 7.76. The first-order valence-corrected chi connectivity index (χ1v) is 11.9. The van der Waals surface area contributed by atoms with Crippen molar-refractivity contribution in [3.8, 4) is 11.3 Å². The van der Waals surface area contributed by atoms with Crippen molar-refractivity contribution in [3.05, 3.63) is 42.6 Å². The lowest BCUT2D eigenvalue weighted by molar-refractivity contribution is 0.225. The van der Waals surface area contributed by atoms with Gasteiger partial charge in [-0.1, -0.05) is 35.5 Å². The Bertz CT molecular complexity index is 939. The second-order valence-corrected chi connectivity index (χ2v) is 9.61. The second-order valence-electron chi connectivity index (χ2n) is 6.21. The molecule has 26 heavy (non-hydrogen) atoms. The maximum Gasteiger partial charge on any atom is 0.492 e. The predicted molar refractivity (Wildman–Crippen MR) is 102 cm³/mol. The number of unbranched alkanes of at least 4 members (excludes halogenated alkanes) is 1. The van der Waals surface area contributed by atoms with Crippen LogP contribution in [0.3, 0.4) is 0 Å². The first kappa shape index (κ1) is 18.9. The topological polar surface area (TPSA) is 108 Å². The van der Waals surface area contributed by atoms with Crippen molar-refractivity contribution in [1.82, 2.24) is 15.0 Å². The summed E-state index contributed by atoms with van der Waals surface area (Å²) >= 11 is 0. The van der Waals surface area contributed by atoms with E-state index < -0.39 is 19.6 Å². The molecule has 0 aliphatic heterocycles. The number of fused-ring (bicyclic) bond motifs is 1. The van der Waals surface area contributed by atoms with Gasteiger partial charge in [-0.15, -0.1) is 5.10 Å². The molecule has 0 saturated carbocycles. The molecule has 3 N–H and O–H groups in total. The zero-order chi connectivity index (χ0) is 18.7. The zero-order valence-electron chi connectivity index (χ0n) is 14.4. The molecule has 0 saturated heterocycles. The lowest BCUT2D eigenvalue weighted by Gasteiger charge is -2.09. The highest BCUT2D eigenvalue weighted by Gasteiger charge is 2.25. The molecular weight excluding hydrogens is 370 g/mol. The summed E-state index contributed by atoms with van der Waals surface area (Å²) in [5, 5.41) is 10.4. The number of benzene rings is 2. The van der Waals surface area contributed by atoms with E-state index >= 15 is 0 Å². The molecule has 0 aliphatic carbocycles. The number of rotatable bonds is 7. The third kappa shape index (κ3) is 4.43. The number of nitrogens with zero attached hydrogens (tertiary/aromatic N) is 3. The van der Waals surface area contributed by atoms with Gasteiger partial charge in [0.05, 0.1) is 17.0 Å². The minimum absolute atomic E-state index is 0.0108. The van der Waals surface area contributed by atoms with Crippen LogP contribution in [-0.2, 0) is 17.3 Å². The van der Waals surface area contributed by atoms with Crippen molar-refractivity contribution in [2.24, 2.45) is 0 Å². The Balaban J connectivity index is 1.87. The quantitative estimate of drug-likeness (QED) is 0.416. The molecule has 0 amide bonds. The molecule has 0 radical (unpaired) electrons. The lowest BCUT2D eigenvalue weighted by atomic mass is 10.0. The van der Waals surface area contributed by atoms with Gasteiger partial charge in [-0.3, -0.25) is 8.89 Å². The number of hydrogen-bond acceptors (Lipinski definition) is 6. The smallest absolute Gasteiger partial charge is 0.390 e. The summed E-state index contributed by atoms with van der Waals surface area (Å²) in [4.78, 5) is 27.8. The predicted octanol–water partition coefficient (Wildman–Crippen LogP) is 1.53. The van der Waals surface area contributed by atoms with Crippen molar-refractivity contribution < 1.29 is 18.6 Å².